The van der Waals surface area contributed by atoms with Gasteiger partial charge in [0.15, 0.2) is 0 Å². The van der Waals surface area contributed by atoms with E-state index in [9.17, 15) is 14.0 Å². The van der Waals surface area contributed by atoms with Crippen LogP contribution in [0, 0.1) is 5.82 Å². The fourth-order valence-corrected chi connectivity index (χ4v) is 2.30. The Balaban J connectivity index is 1.71. The van der Waals surface area contributed by atoms with Crippen LogP contribution < -0.4 is 16.0 Å². The van der Waals surface area contributed by atoms with Crippen molar-refractivity contribution < 1.29 is 14.0 Å². The zero-order valence-corrected chi connectivity index (χ0v) is 14.4. The summed E-state index contributed by atoms with van der Waals surface area (Å²) in [6, 6.07) is 14.0. The molecule has 0 fully saturated rings. The van der Waals surface area contributed by atoms with E-state index in [1.807, 2.05) is 0 Å². The van der Waals surface area contributed by atoms with Gasteiger partial charge < -0.3 is 16.0 Å². The van der Waals surface area contributed by atoms with E-state index >= 15 is 0 Å². The van der Waals surface area contributed by atoms with Crippen molar-refractivity contribution in [2.75, 3.05) is 16.0 Å². The second kappa shape index (κ2) is 8.05. The van der Waals surface area contributed by atoms with E-state index in [4.69, 9.17) is 0 Å². The predicted molar refractivity (Wildman–Crippen MR) is 100 cm³/mol. The molecular formula is C19H16FN5O2. The largest absolute Gasteiger partial charge is 0.340 e. The second-order valence-electron chi connectivity index (χ2n) is 5.64. The molecular weight excluding hydrogens is 349 g/mol. The molecule has 0 aliphatic heterocycles. The first kappa shape index (κ1) is 18.0. The maximum Gasteiger partial charge on any atom is 0.274 e. The minimum atomic E-state index is -0.431. The van der Waals surface area contributed by atoms with Crippen LogP contribution in [-0.4, -0.2) is 21.8 Å². The maximum absolute atomic E-state index is 13.0. The topological polar surface area (TPSA) is 96.0 Å². The highest BCUT2D eigenvalue weighted by Crippen LogP contribution is 2.18. The first-order chi connectivity index (χ1) is 13.0. The summed E-state index contributed by atoms with van der Waals surface area (Å²) >= 11 is 0. The van der Waals surface area contributed by atoms with Gasteiger partial charge in [0.1, 0.15) is 23.7 Å². The third-order valence-electron chi connectivity index (χ3n) is 3.46. The zero-order valence-electron chi connectivity index (χ0n) is 14.4. The Kier molecular flexibility index (Phi) is 5.36. The Hall–Kier alpha value is -3.81. The monoisotopic (exact) mass is 365 g/mol. The highest BCUT2D eigenvalue weighted by molar-refractivity contribution is 6.03. The molecule has 1 aromatic heterocycles. The second-order valence-corrected chi connectivity index (χ2v) is 5.64. The molecule has 2 amide bonds. The molecule has 3 aromatic rings. The number of aromatic nitrogens is 2. The fraction of sp³-hybridized carbons (Fsp3) is 0.0526. The number of carbonyl (C=O) groups excluding carboxylic acids is 2. The Morgan fingerprint density at radius 3 is 2.30 bits per heavy atom. The van der Waals surface area contributed by atoms with E-state index in [-0.39, 0.29) is 17.4 Å². The number of nitrogens with one attached hydrogen (secondary N) is 3. The quantitative estimate of drug-likeness (QED) is 0.642. The smallest absolute Gasteiger partial charge is 0.274 e. The van der Waals surface area contributed by atoms with E-state index in [1.54, 1.807) is 36.4 Å². The van der Waals surface area contributed by atoms with Crippen molar-refractivity contribution >= 4 is 34.7 Å². The average Bonchev–Trinajstić information content (AvgIpc) is 2.64. The highest BCUT2D eigenvalue weighted by atomic mass is 19.1. The molecule has 0 aliphatic rings. The third-order valence-corrected chi connectivity index (χ3v) is 3.46. The van der Waals surface area contributed by atoms with Crippen LogP contribution in [0.5, 0.6) is 0 Å². The van der Waals surface area contributed by atoms with Gasteiger partial charge in [-0.05, 0) is 42.5 Å². The number of amides is 2. The van der Waals surface area contributed by atoms with E-state index in [1.165, 1.54) is 31.5 Å². The van der Waals surface area contributed by atoms with E-state index in [0.717, 1.165) is 0 Å². The summed E-state index contributed by atoms with van der Waals surface area (Å²) in [4.78, 5) is 31.6. The lowest BCUT2D eigenvalue weighted by atomic mass is 10.2. The summed E-state index contributed by atoms with van der Waals surface area (Å²) in [5.74, 6) is -0.580. The summed E-state index contributed by atoms with van der Waals surface area (Å²) < 4.78 is 13.0. The fourth-order valence-electron chi connectivity index (χ4n) is 2.30. The van der Waals surface area contributed by atoms with Crippen LogP contribution in [0.25, 0.3) is 0 Å². The highest BCUT2D eigenvalue weighted by Gasteiger charge is 2.10. The van der Waals surface area contributed by atoms with Crippen LogP contribution in [0.15, 0.2) is 60.9 Å². The molecule has 136 valence electrons. The van der Waals surface area contributed by atoms with Gasteiger partial charge in [0.25, 0.3) is 5.91 Å². The SMILES string of the molecule is CC(=O)Nc1cccc(NC(=O)c2cc(Nc3ccc(F)cc3)ncn2)c1. The van der Waals surface area contributed by atoms with Crippen molar-refractivity contribution in [1.29, 1.82) is 0 Å². The van der Waals surface area contributed by atoms with Crippen molar-refractivity contribution in [3.05, 3.63) is 72.4 Å². The number of hydrogen-bond acceptors (Lipinski definition) is 5. The van der Waals surface area contributed by atoms with E-state index in [2.05, 4.69) is 25.9 Å². The summed E-state index contributed by atoms with van der Waals surface area (Å²) in [5, 5.41) is 8.33. The van der Waals surface area contributed by atoms with Gasteiger partial charge >= 0.3 is 0 Å². The lowest BCUT2D eigenvalue weighted by Gasteiger charge is -2.09. The zero-order chi connectivity index (χ0) is 19.2. The molecule has 0 saturated carbocycles. The number of anilines is 4. The number of carbonyl (C=O) groups is 2. The Morgan fingerprint density at radius 2 is 1.59 bits per heavy atom. The molecule has 8 heteroatoms. The van der Waals surface area contributed by atoms with Gasteiger partial charge in [-0.15, -0.1) is 0 Å². The van der Waals surface area contributed by atoms with Gasteiger partial charge in [-0.25, -0.2) is 14.4 Å². The molecule has 7 nitrogen and oxygen atoms in total. The van der Waals surface area contributed by atoms with Crippen LogP contribution in [0.2, 0.25) is 0 Å². The van der Waals surface area contributed by atoms with Crippen LogP contribution in [-0.2, 0) is 4.79 Å². The summed E-state index contributed by atoms with van der Waals surface area (Å²) in [5.41, 5.74) is 1.86. The Bertz CT molecular complexity index is 976. The maximum atomic E-state index is 13.0. The molecule has 27 heavy (non-hydrogen) atoms. The van der Waals surface area contributed by atoms with Crippen LogP contribution >= 0.6 is 0 Å². The number of rotatable bonds is 5. The van der Waals surface area contributed by atoms with Gasteiger partial charge in [-0.3, -0.25) is 9.59 Å². The van der Waals surface area contributed by atoms with Gasteiger partial charge in [0, 0.05) is 30.1 Å². The van der Waals surface area contributed by atoms with Crippen molar-refractivity contribution in [1.82, 2.24) is 9.97 Å². The first-order valence-electron chi connectivity index (χ1n) is 8.03. The molecule has 3 N–H and O–H groups in total. The molecule has 3 rings (SSSR count). The normalized spacial score (nSPS) is 10.1. The lowest BCUT2D eigenvalue weighted by molar-refractivity contribution is -0.114. The molecule has 0 bridgehead atoms. The summed E-state index contributed by atoms with van der Waals surface area (Å²) in [7, 11) is 0. The van der Waals surface area contributed by atoms with E-state index in [0.29, 0.717) is 22.9 Å². The minimum Gasteiger partial charge on any atom is -0.340 e. The van der Waals surface area contributed by atoms with E-state index < -0.39 is 5.91 Å². The number of hydrogen-bond donors (Lipinski definition) is 3. The van der Waals surface area contributed by atoms with Gasteiger partial charge in [-0.1, -0.05) is 6.07 Å². The van der Waals surface area contributed by atoms with Gasteiger partial charge in [0.2, 0.25) is 5.91 Å². The number of nitrogens with zero attached hydrogens (tertiary/aromatic N) is 2. The number of benzene rings is 2. The lowest BCUT2D eigenvalue weighted by Crippen LogP contribution is -2.14. The van der Waals surface area contributed by atoms with Crippen LogP contribution in [0.3, 0.4) is 0 Å². The Morgan fingerprint density at radius 1 is 0.889 bits per heavy atom. The van der Waals surface area contributed by atoms with Gasteiger partial charge in [0.05, 0.1) is 0 Å². The number of halogens is 1. The molecule has 0 aliphatic carbocycles. The molecule has 1 heterocycles. The van der Waals surface area contributed by atoms with Crippen molar-refractivity contribution in [3.63, 3.8) is 0 Å². The molecule has 2 aromatic carbocycles. The van der Waals surface area contributed by atoms with Crippen molar-refractivity contribution in [2.24, 2.45) is 0 Å². The molecule has 0 spiro atoms. The average molecular weight is 365 g/mol. The molecule has 0 unspecified atom stereocenters. The van der Waals surface area contributed by atoms with Crippen molar-refractivity contribution in [3.8, 4) is 0 Å². The summed E-state index contributed by atoms with van der Waals surface area (Å²) in [6.07, 6.45) is 1.26. The van der Waals surface area contributed by atoms with Gasteiger partial charge in [-0.2, -0.15) is 0 Å². The predicted octanol–water partition coefficient (Wildman–Crippen LogP) is 3.57. The molecule has 0 radical (unpaired) electrons. The minimum absolute atomic E-state index is 0.152. The summed E-state index contributed by atoms with van der Waals surface area (Å²) in [6.45, 7) is 1.40. The Labute approximate surface area is 154 Å². The standard InChI is InChI=1S/C19H16FN5O2/c1-12(26)23-15-3-2-4-16(9-15)25-19(27)17-10-18(22-11-21-17)24-14-7-5-13(20)6-8-14/h2-11H,1H3,(H,23,26)(H,25,27)(H,21,22,24). The molecule has 0 atom stereocenters. The van der Waals surface area contributed by atoms with Crippen LogP contribution in [0.4, 0.5) is 27.3 Å². The molecule has 0 saturated heterocycles. The first-order valence-corrected chi connectivity index (χ1v) is 8.03. The van der Waals surface area contributed by atoms with Crippen molar-refractivity contribution in [2.45, 2.75) is 6.92 Å². The third kappa shape index (κ3) is 5.08. The van der Waals surface area contributed by atoms with Crippen LogP contribution in [0.1, 0.15) is 17.4 Å².